The fraction of sp³-hybridized carbons (Fsp3) is 0.800. The molecule has 0 radical (unpaired) electrons. The van der Waals surface area contributed by atoms with Gasteiger partial charge >= 0.3 is 11.9 Å². The van der Waals surface area contributed by atoms with Crippen molar-refractivity contribution < 1.29 is 28.7 Å². The first-order valence-corrected chi connectivity index (χ1v) is 25.8. The maximum Gasteiger partial charge on any atom is 0.331 e. The van der Waals surface area contributed by atoms with Crippen molar-refractivity contribution in [2.75, 3.05) is 24.6 Å². The van der Waals surface area contributed by atoms with Gasteiger partial charge in [-0.3, -0.25) is 9.59 Å². The van der Waals surface area contributed by atoms with Crippen molar-refractivity contribution >= 4 is 47.0 Å². The first kappa shape index (κ1) is 44.7. The molecule has 0 amide bonds. The third kappa shape index (κ3) is 7.47. The molecule has 0 spiro atoms. The third-order valence-electron chi connectivity index (χ3n) is 19.0. The van der Waals surface area contributed by atoms with Gasteiger partial charge in [0.25, 0.3) is 0 Å². The van der Waals surface area contributed by atoms with Gasteiger partial charge in [0.15, 0.2) is 0 Å². The van der Waals surface area contributed by atoms with E-state index in [1.165, 1.54) is 23.3 Å². The Kier molecular flexibility index (Phi) is 12.9. The highest BCUT2D eigenvalue weighted by Crippen LogP contribution is 2.69. The van der Waals surface area contributed by atoms with Crippen molar-refractivity contribution in [3.63, 3.8) is 0 Å². The zero-order valence-corrected chi connectivity index (χ0v) is 38.7. The maximum absolute atomic E-state index is 14.0. The zero-order chi connectivity index (χ0) is 42.8. The number of carbonyl (C=O) groups excluding carboxylic acids is 4. The number of Topliss-reactive ketones (excluding diaryl/α,β-unsaturated/α-hetero) is 2. The molecule has 0 bridgehead atoms. The molecule has 0 heterocycles. The topological polar surface area (TPSA) is 139 Å². The van der Waals surface area contributed by atoms with Crippen LogP contribution in [0, 0.1) is 69.0 Å². The maximum atomic E-state index is 14.0. The molecule has 0 aromatic rings. The Morgan fingerprint density at radius 1 is 0.650 bits per heavy atom. The number of rotatable bonds is 12. The quantitative estimate of drug-likeness (QED) is 0.0846. The number of esters is 2. The number of hydrogen-bond acceptors (Lipinski definition) is 10. The molecule has 332 valence electrons. The second-order valence-electron chi connectivity index (χ2n) is 21.5. The predicted octanol–water partition coefficient (Wildman–Crippen LogP) is 9.04. The van der Waals surface area contributed by atoms with Gasteiger partial charge in [0.05, 0.1) is 0 Å². The van der Waals surface area contributed by atoms with Crippen LogP contribution in [0.2, 0.25) is 0 Å². The Hall–Kier alpha value is -1.88. The largest absolute Gasteiger partial charge is 0.459 e. The van der Waals surface area contributed by atoms with Crippen LogP contribution >= 0.6 is 23.5 Å². The summed E-state index contributed by atoms with van der Waals surface area (Å²) in [5.41, 5.74) is 13.2. The number of nitrogens with two attached hydrogens (primary N) is 2. The van der Waals surface area contributed by atoms with Gasteiger partial charge in [-0.1, -0.05) is 52.0 Å². The van der Waals surface area contributed by atoms with E-state index < -0.39 is 11.9 Å². The van der Waals surface area contributed by atoms with Gasteiger partial charge in [-0.15, -0.1) is 0 Å². The van der Waals surface area contributed by atoms with Crippen LogP contribution in [-0.4, -0.2) is 70.8 Å². The number of allylic oxidation sites excluding steroid dienone is 2. The van der Waals surface area contributed by atoms with Gasteiger partial charge in [-0.05, 0) is 162 Å². The van der Waals surface area contributed by atoms with Crippen LogP contribution in [0.4, 0.5) is 0 Å². The Morgan fingerprint density at radius 2 is 1.05 bits per heavy atom. The van der Waals surface area contributed by atoms with E-state index in [-0.39, 0.29) is 45.7 Å². The molecule has 8 saturated carbocycles. The monoisotopic (exact) mass is 862 g/mol. The summed E-state index contributed by atoms with van der Waals surface area (Å²) in [4.78, 5) is 54.5. The lowest BCUT2D eigenvalue weighted by molar-refractivity contribution is -0.178. The number of carbonyl (C=O) groups is 4. The van der Waals surface area contributed by atoms with E-state index in [1.807, 2.05) is 23.5 Å². The minimum atomic E-state index is -0.500. The minimum Gasteiger partial charge on any atom is -0.459 e. The smallest absolute Gasteiger partial charge is 0.331 e. The van der Waals surface area contributed by atoms with Crippen LogP contribution in [0.1, 0.15) is 130 Å². The molecule has 8 fully saturated rings. The lowest BCUT2D eigenvalue weighted by atomic mass is 9.43. The highest BCUT2D eigenvalue weighted by molar-refractivity contribution is 8.00. The lowest BCUT2D eigenvalue weighted by Gasteiger charge is -2.62. The highest BCUT2D eigenvalue weighted by atomic mass is 32.2. The van der Waals surface area contributed by atoms with E-state index in [4.69, 9.17) is 34.1 Å². The van der Waals surface area contributed by atoms with Gasteiger partial charge in [0.1, 0.15) is 23.8 Å². The van der Waals surface area contributed by atoms with Gasteiger partial charge in [0, 0.05) is 57.2 Å². The molecule has 16 atom stereocenters. The fourth-order valence-corrected chi connectivity index (χ4v) is 18.4. The fourth-order valence-electron chi connectivity index (χ4n) is 15.8. The summed E-state index contributed by atoms with van der Waals surface area (Å²) in [6.07, 6.45) is 16.2. The molecular formula is C50H74N2O6S2. The molecule has 4 N–H and O–H groups in total. The Morgan fingerprint density at radius 3 is 1.43 bits per heavy atom. The van der Waals surface area contributed by atoms with Crippen molar-refractivity contribution in [1.29, 1.82) is 0 Å². The molecule has 0 aromatic heterocycles. The second-order valence-corrected chi connectivity index (χ2v) is 24.4. The molecule has 60 heavy (non-hydrogen) atoms. The highest BCUT2D eigenvalue weighted by Gasteiger charge is 2.66. The third-order valence-corrected chi connectivity index (χ3v) is 21.7. The van der Waals surface area contributed by atoms with Gasteiger partial charge in [-0.25, -0.2) is 9.59 Å². The first-order valence-electron chi connectivity index (χ1n) is 23.7. The molecule has 8 nitrogen and oxygen atoms in total. The van der Waals surface area contributed by atoms with Crippen molar-refractivity contribution in [2.24, 2.45) is 80.5 Å². The van der Waals surface area contributed by atoms with Crippen LogP contribution in [0.3, 0.4) is 0 Å². The van der Waals surface area contributed by atoms with E-state index in [0.717, 1.165) is 101 Å². The summed E-state index contributed by atoms with van der Waals surface area (Å²) < 4.78 is 13.2. The van der Waals surface area contributed by atoms with Gasteiger partial charge in [-0.2, -0.15) is 23.5 Å². The summed E-state index contributed by atoms with van der Waals surface area (Å²) in [6.45, 7) is 19.8. The SMILES string of the molecule is C=C1C[C@@H]2[C@@H](CC[C@]3(C)C(=O)CC[C@@H]23)[C@@]2(C)C(OC(=O)/C=C/C(=O)OC3CC(SCCCN)CC4C(=C)C[C@@H]5[C@@H](CC[C@]6(C)C(=O)CC[C@@H]56)[C@@]34C)CC(SCCCN)CC12. The van der Waals surface area contributed by atoms with Gasteiger partial charge < -0.3 is 20.9 Å². The Bertz CT molecular complexity index is 1640. The van der Waals surface area contributed by atoms with E-state index in [2.05, 4.69) is 27.7 Å². The molecule has 0 aliphatic heterocycles. The average molecular weight is 863 g/mol. The summed E-state index contributed by atoms with van der Waals surface area (Å²) in [7, 11) is 0. The molecule has 0 aromatic carbocycles. The number of thioether (sulfide) groups is 2. The van der Waals surface area contributed by atoms with Crippen LogP contribution in [-0.2, 0) is 28.7 Å². The minimum absolute atomic E-state index is 0.223. The standard InChI is InChI=1S/C50H74N2O6S2/c1-29-23-33-35-9-11-41(53)47(35,3)17-15-37(33)49(5)39(29)25-31(59-21-7-19-51)27-43(49)57-45(55)13-14-46(56)58-44-28-32(60-22-8-20-52)26-40-30(2)24-34-36-10-12-42(54)48(36,4)18-16-38(34)50(40,44)6/h13-14,31-40,43-44H,1-2,7-12,15-28,51-52H2,3-6H3/b14-13+/t31?,32?,33-,34-,35-,36-,37+,38+,39?,40?,43?,44?,47-,48-,49+,50+/m0/s1. The van der Waals surface area contributed by atoms with Crippen LogP contribution in [0.15, 0.2) is 36.5 Å². The number of hydrogen-bond donors (Lipinski definition) is 2. The molecular weight excluding hydrogens is 789 g/mol. The predicted molar refractivity (Wildman–Crippen MR) is 242 cm³/mol. The van der Waals surface area contributed by atoms with E-state index in [0.29, 0.717) is 83.5 Å². The molecule has 0 saturated heterocycles. The Labute approximate surface area is 368 Å². The van der Waals surface area contributed by atoms with Gasteiger partial charge in [0.2, 0.25) is 0 Å². The van der Waals surface area contributed by atoms with Crippen molar-refractivity contribution in [1.82, 2.24) is 0 Å². The lowest BCUT2D eigenvalue weighted by Crippen LogP contribution is -2.60. The van der Waals surface area contributed by atoms with E-state index in [9.17, 15) is 19.2 Å². The van der Waals surface area contributed by atoms with Crippen molar-refractivity contribution in [3.8, 4) is 0 Å². The Balaban J connectivity index is 1.01. The summed E-state index contributed by atoms with van der Waals surface area (Å²) in [5, 5.41) is 0.641. The number of ether oxygens (including phenoxy) is 2. The summed E-state index contributed by atoms with van der Waals surface area (Å²) in [5.74, 6) is 4.31. The number of ketones is 2. The molecule has 8 aliphatic carbocycles. The molecule has 8 aliphatic rings. The number of fused-ring (bicyclic) bond motifs is 10. The van der Waals surface area contributed by atoms with E-state index in [1.54, 1.807) is 0 Å². The normalized spacial score (nSPS) is 45.9. The molecule has 10 heteroatoms. The van der Waals surface area contributed by atoms with Crippen LogP contribution in [0.25, 0.3) is 0 Å². The van der Waals surface area contributed by atoms with E-state index >= 15 is 0 Å². The summed E-state index contributed by atoms with van der Waals surface area (Å²) in [6, 6.07) is 0. The second kappa shape index (κ2) is 17.3. The van der Waals surface area contributed by atoms with Crippen LogP contribution in [0.5, 0.6) is 0 Å². The van der Waals surface area contributed by atoms with Crippen LogP contribution < -0.4 is 11.5 Å². The van der Waals surface area contributed by atoms with Crippen molar-refractivity contribution in [3.05, 3.63) is 36.5 Å². The molecule has 8 rings (SSSR count). The summed E-state index contributed by atoms with van der Waals surface area (Å²) >= 11 is 3.88. The molecule has 6 unspecified atom stereocenters. The van der Waals surface area contributed by atoms with Crippen molar-refractivity contribution in [2.45, 2.75) is 153 Å². The first-order chi connectivity index (χ1) is 28.6. The average Bonchev–Trinajstić information content (AvgIpc) is 3.69. The zero-order valence-electron chi connectivity index (χ0n) is 37.1.